The summed E-state index contributed by atoms with van der Waals surface area (Å²) in [5, 5.41) is 21.0. The fourth-order valence-electron chi connectivity index (χ4n) is 1.99. The molecule has 0 saturated heterocycles. The average Bonchev–Trinajstić information content (AvgIpc) is 2.53. The summed E-state index contributed by atoms with van der Waals surface area (Å²) in [6.45, 7) is -0.0396. The number of aliphatic hydroxyl groups excluding tert-OH is 1. The second kappa shape index (κ2) is 7.20. The van der Waals surface area contributed by atoms with Gasteiger partial charge in [-0.1, -0.05) is 34.1 Å². The highest BCUT2D eigenvalue weighted by Gasteiger charge is 2.12. The third-order valence-electron chi connectivity index (χ3n) is 3.16. The Kier molecular flexibility index (Phi) is 5.30. The van der Waals surface area contributed by atoms with Gasteiger partial charge in [-0.2, -0.15) is 0 Å². The highest BCUT2D eigenvalue weighted by atomic mass is 79.9. The Labute approximate surface area is 135 Å². The number of aromatic carboxylic acids is 1. The van der Waals surface area contributed by atoms with Crippen molar-refractivity contribution in [2.24, 2.45) is 0 Å². The molecule has 3 N–H and O–H groups in total. The Morgan fingerprint density at radius 2 is 1.82 bits per heavy atom. The lowest BCUT2D eigenvalue weighted by Gasteiger charge is -2.10. The van der Waals surface area contributed by atoms with Crippen LogP contribution in [-0.4, -0.2) is 22.1 Å². The summed E-state index contributed by atoms with van der Waals surface area (Å²) in [6.07, 6.45) is 0. The van der Waals surface area contributed by atoms with Crippen LogP contribution in [0.15, 0.2) is 46.9 Å². The molecular formula is C16H14BrNO4. The van der Waals surface area contributed by atoms with E-state index in [0.29, 0.717) is 21.2 Å². The number of amides is 1. The van der Waals surface area contributed by atoms with Gasteiger partial charge >= 0.3 is 5.97 Å². The normalized spacial score (nSPS) is 10.3. The van der Waals surface area contributed by atoms with Crippen molar-refractivity contribution < 1.29 is 19.8 Å². The SMILES string of the molecule is O=C(O)c1ccc(Br)c(CNC(=O)c2ccccc2CO)c1. The molecule has 2 aromatic carbocycles. The van der Waals surface area contributed by atoms with E-state index < -0.39 is 5.97 Å². The van der Waals surface area contributed by atoms with Crippen molar-refractivity contribution in [1.82, 2.24) is 5.32 Å². The Balaban J connectivity index is 2.14. The summed E-state index contributed by atoms with van der Waals surface area (Å²) < 4.78 is 0.716. The molecule has 0 spiro atoms. The van der Waals surface area contributed by atoms with Gasteiger partial charge in [-0.15, -0.1) is 0 Å². The van der Waals surface area contributed by atoms with Crippen LogP contribution in [0.1, 0.15) is 31.8 Å². The van der Waals surface area contributed by atoms with Gasteiger partial charge in [0.25, 0.3) is 5.91 Å². The molecule has 2 rings (SSSR count). The van der Waals surface area contributed by atoms with Crippen molar-refractivity contribution >= 4 is 27.8 Å². The summed E-state index contributed by atoms with van der Waals surface area (Å²) in [4.78, 5) is 23.2. The van der Waals surface area contributed by atoms with Crippen LogP contribution in [0.2, 0.25) is 0 Å². The third-order valence-corrected chi connectivity index (χ3v) is 3.94. The Morgan fingerprint density at radius 1 is 1.09 bits per heavy atom. The van der Waals surface area contributed by atoms with Gasteiger partial charge in [0.1, 0.15) is 0 Å². The lowest BCUT2D eigenvalue weighted by atomic mass is 10.1. The van der Waals surface area contributed by atoms with Crippen molar-refractivity contribution in [1.29, 1.82) is 0 Å². The maximum absolute atomic E-state index is 12.2. The van der Waals surface area contributed by atoms with Gasteiger partial charge in [-0.25, -0.2) is 4.79 Å². The Morgan fingerprint density at radius 3 is 2.50 bits per heavy atom. The quantitative estimate of drug-likeness (QED) is 0.761. The van der Waals surface area contributed by atoms with Crippen LogP contribution >= 0.6 is 15.9 Å². The first-order chi connectivity index (χ1) is 10.5. The topological polar surface area (TPSA) is 86.6 Å². The van der Waals surface area contributed by atoms with Gasteiger partial charge in [0.15, 0.2) is 0 Å². The lowest BCUT2D eigenvalue weighted by molar-refractivity contribution is 0.0696. The molecule has 6 heteroatoms. The van der Waals surface area contributed by atoms with Crippen LogP contribution in [0.3, 0.4) is 0 Å². The molecule has 5 nitrogen and oxygen atoms in total. The molecule has 114 valence electrons. The molecule has 0 aromatic heterocycles. The molecule has 0 radical (unpaired) electrons. The zero-order chi connectivity index (χ0) is 16.1. The molecule has 0 aliphatic carbocycles. The highest BCUT2D eigenvalue weighted by molar-refractivity contribution is 9.10. The van der Waals surface area contributed by atoms with E-state index in [1.54, 1.807) is 30.3 Å². The molecule has 0 heterocycles. The monoisotopic (exact) mass is 363 g/mol. The number of rotatable bonds is 5. The summed E-state index contributed by atoms with van der Waals surface area (Å²) in [5.41, 5.74) is 1.76. The van der Waals surface area contributed by atoms with Crippen molar-refractivity contribution in [2.75, 3.05) is 0 Å². The fraction of sp³-hybridized carbons (Fsp3) is 0.125. The maximum Gasteiger partial charge on any atom is 0.335 e. The summed E-state index contributed by atoms with van der Waals surface area (Å²) >= 11 is 3.33. The first-order valence-electron chi connectivity index (χ1n) is 6.51. The zero-order valence-corrected chi connectivity index (χ0v) is 13.1. The van der Waals surface area contributed by atoms with E-state index in [2.05, 4.69) is 21.2 Å². The minimum Gasteiger partial charge on any atom is -0.478 e. The first-order valence-corrected chi connectivity index (χ1v) is 7.31. The standard InChI is InChI=1S/C16H14BrNO4/c17-14-6-5-10(16(21)22)7-12(14)8-18-15(20)13-4-2-1-3-11(13)9-19/h1-7,19H,8-9H2,(H,18,20)(H,21,22). The van der Waals surface area contributed by atoms with E-state index in [1.165, 1.54) is 12.1 Å². The third kappa shape index (κ3) is 3.72. The molecule has 0 aliphatic heterocycles. The second-order valence-corrected chi connectivity index (χ2v) is 5.46. The predicted octanol–water partition coefficient (Wildman–Crippen LogP) is 2.57. The Bertz CT molecular complexity index is 715. The number of hydrogen-bond acceptors (Lipinski definition) is 3. The van der Waals surface area contributed by atoms with Crippen LogP contribution in [0.4, 0.5) is 0 Å². The lowest BCUT2D eigenvalue weighted by Crippen LogP contribution is -2.24. The fourth-order valence-corrected chi connectivity index (χ4v) is 2.38. The molecule has 22 heavy (non-hydrogen) atoms. The highest BCUT2D eigenvalue weighted by Crippen LogP contribution is 2.19. The van der Waals surface area contributed by atoms with Crippen LogP contribution < -0.4 is 5.32 Å². The van der Waals surface area contributed by atoms with Crippen LogP contribution in [0, 0.1) is 0 Å². The van der Waals surface area contributed by atoms with E-state index in [4.69, 9.17) is 5.11 Å². The number of halogens is 1. The number of carbonyl (C=O) groups is 2. The van der Waals surface area contributed by atoms with Crippen molar-refractivity contribution in [2.45, 2.75) is 13.2 Å². The second-order valence-electron chi connectivity index (χ2n) is 4.61. The summed E-state index contributed by atoms with van der Waals surface area (Å²) in [5.74, 6) is -1.34. The molecule has 0 fully saturated rings. The van der Waals surface area contributed by atoms with E-state index in [0.717, 1.165) is 0 Å². The largest absolute Gasteiger partial charge is 0.478 e. The number of carboxylic acids is 1. The minimum atomic E-state index is -1.02. The van der Waals surface area contributed by atoms with Crippen LogP contribution in [0.25, 0.3) is 0 Å². The van der Waals surface area contributed by atoms with Crippen LogP contribution in [-0.2, 0) is 13.2 Å². The van der Waals surface area contributed by atoms with Crippen molar-refractivity contribution in [3.05, 3.63) is 69.2 Å². The number of benzene rings is 2. The molecule has 0 saturated carbocycles. The molecule has 0 atom stereocenters. The van der Waals surface area contributed by atoms with Gasteiger partial charge in [0, 0.05) is 16.6 Å². The van der Waals surface area contributed by atoms with Gasteiger partial charge in [-0.05, 0) is 35.4 Å². The number of carboxylic acid groups (broad SMARTS) is 1. The number of aliphatic hydroxyl groups is 1. The van der Waals surface area contributed by atoms with E-state index >= 15 is 0 Å². The zero-order valence-electron chi connectivity index (χ0n) is 11.5. The Hall–Kier alpha value is -2.18. The summed E-state index contributed by atoms with van der Waals surface area (Å²) in [7, 11) is 0. The minimum absolute atomic E-state index is 0.156. The molecule has 0 bridgehead atoms. The summed E-state index contributed by atoms with van der Waals surface area (Å²) in [6, 6.07) is 11.4. The number of carbonyl (C=O) groups excluding carboxylic acids is 1. The number of hydrogen-bond donors (Lipinski definition) is 3. The number of nitrogens with one attached hydrogen (secondary N) is 1. The van der Waals surface area contributed by atoms with Gasteiger partial charge in [0.05, 0.1) is 12.2 Å². The maximum atomic E-state index is 12.2. The van der Waals surface area contributed by atoms with Crippen molar-refractivity contribution in [3.63, 3.8) is 0 Å². The smallest absolute Gasteiger partial charge is 0.335 e. The average molecular weight is 364 g/mol. The van der Waals surface area contributed by atoms with Gasteiger partial charge in [0.2, 0.25) is 0 Å². The van der Waals surface area contributed by atoms with E-state index in [1.807, 2.05) is 0 Å². The van der Waals surface area contributed by atoms with Crippen LogP contribution in [0.5, 0.6) is 0 Å². The van der Waals surface area contributed by atoms with E-state index in [9.17, 15) is 14.7 Å². The molecule has 0 aliphatic rings. The molecule has 2 aromatic rings. The van der Waals surface area contributed by atoms with E-state index in [-0.39, 0.29) is 24.6 Å². The van der Waals surface area contributed by atoms with Crippen molar-refractivity contribution in [3.8, 4) is 0 Å². The molecule has 0 unspecified atom stereocenters. The molecular weight excluding hydrogens is 350 g/mol. The van der Waals surface area contributed by atoms with Gasteiger partial charge in [-0.3, -0.25) is 4.79 Å². The predicted molar refractivity (Wildman–Crippen MR) is 84.6 cm³/mol. The first kappa shape index (κ1) is 16.2. The van der Waals surface area contributed by atoms with Gasteiger partial charge < -0.3 is 15.5 Å². The molecule has 1 amide bonds.